The Morgan fingerprint density at radius 2 is 1.90 bits per heavy atom. The molecule has 1 aromatic carbocycles. The van der Waals surface area contributed by atoms with Crippen molar-refractivity contribution in [2.75, 3.05) is 36.0 Å². The van der Waals surface area contributed by atoms with Crippen molar-refractivity contribution < 1.29 is 19.3 Å². The fourth-order valence-corrected chi connectivity index (χ4v) is 7.06. The van der Waals surface area contributed by atoms with Crippen LogP contribution < -0.4 is 14.5 Å². The Labute approximate surface area is 242 Å². The highest BCUT2D eigenvalue weighted by Gasteiger charge is 2.48. The van der Waals surface area contributed by atoms with Gasteiger partial charge in [0, 0.05) is 67.5 Å². The Morgan fingerprint density at radius 3 is 2.60 bits per heavy atom. The third-order valence-corrected chi connectivity index (χ3v) is 10.1. The average molecular weight is 586 g/mol. The smallest absolute Gasteiger partial charge is 0.152 e. The molecule has 2 fully saturated rings. The minimum atomic E-state index is -0.741. The number of ether oxygens (including phenoxy) is 1. The first-order valence-corrected chi connectivity index (χ1v) is 14.8. The third kappa shape index (κ3) is 4.89. The van der Waals surface area contributed by atoms with E-state index in [0.29, 0.717) is 53.6 Å². The molecule has 0 bridgehead atoms. The Balaban J connectivity index is 1.14. The van der Waals surface area contributed by atoms with Crippen molar-refractivity contribution in [2.45, 2.75) is 67.3 Å². The number of nitrogens with zero attached hydrogens (tertiary/aromatic N) is 5. The number of aliphatic hydroxyl groups excluding tert-OH is 1. The molecule has 3 aliphatic rings. The maximum absolute atomic E-state index is 13.9. The Kier molecular flexibility index (Phi) is 7.09. The van der Waals surface area contributed by atoms with Gasteiger partial charge in [0.2, 0.25) is 0 Å². The number of benzene rings is 1. The largest absolute Gasteiger partial charge is 0.486 e. The first-order valence-electron chi connectivity index (χ1n) is 13.6. The molecule has 2 saturated heterocycles. The topological polar surface area (TPSA) is 94.8 Å². The lowest BCUT2D eigenvalue weighted by Crippen LogP contribution is -2.56. The van der Waals surface area contributed by atoms with Crippen LogP contribution in [-0.2, 0) is 6.61 Å². The molecule has 40 heavy (non-hydrogen) atoms. The van der Waals surface area contributed by atoms with Gasteiger partial charge in [-0.1, -0.05) is 30.3 Å². The molecule has 0 saturated carbocycles. The molecule has 2 aromatic heterocycles. The molecule has 5 heterocycles. The molecule has 3 aliphatic heterocycles. The summed E-state index contributed by atoms with van der Waals surface area (Å²) in [5.41, 5.74) is 0.325. The molecule has 1 atom stereocenters. The number of fused-ring (bicyclic) bond motifs is 1. The van der Waals surface area contributed by atoms with Crippen LogP contribution >= 0.6 is 23.4 Å². The van der Waals surface area contributed by atoms with Gasteiger partial charge in [0.05, 0.1) is 23.4 Å². The van der Waals surface area contributed by atoms with Gasteiger partial charge in [-0.25, -0.2) is 19.3 Å². The monoisotopic (exact) mass is 585 g/mol. The molecule has 212 valence electrons. The van der Waals surface area contributed by atoms with Crippen LogP contribution in [-0.4, -0.2) is 62.5 Å². The molecule has 0 unspecified atom stereocenters. The summed E-state index contributed by atoms with van der Waals surface area (Å²) in [6.45, 7) is 8.28. The highest BCUT2D eigenvalue weighted by molar-refractivity contribution is 7.99. The van der Waals surface area contributed by atoms with E-state index in [0.717, 1.165) is 29.1 Å². The lowest BCUT2D eigenvalue weighted by atomic mass is 9.78. The van der Waals surface area contributed by atoms with Gasteiger partial charge in [0.1, 0.15) is 33.7 Å². The normalized spacial score (nSPS) is 20.4. The number of aromatic nitrogens is 3. The molecule has 1 spiro atoms. The van der Waals surface area contributed by atoms with Crippen LogP contribution in [0.4, 0.5) is 16.0 Å². The number of piperidine rings is 1. The second-order valence-electron chi connectivity index (χ2n) is 11.5. The standard InChI is InChI=1S/C29H33ClFN5O3S/c1-17-20-12-19(31)4-5-22(20)39-29(17)7-10-35(11-8-29)26-21(16-37)34-24(13-33-26)40-23-6-9-32-27(25(23)30)36-14-18(15-36)28(2,3)38/h4-6,9,12-13,17-18,37-38H,7-8,10-11,14-16H2,1-3H3/t17-/m1/s1. The molecule has 0 radical (unpaired) electrons. The number of halogens is 2. The Bertz CT molecular complexity index is 1420. The summed E-state index contributed by atoms with van der Waals surface area (Å²) in [6, 6.07) is 6.60. The van der Waals surface area contributed by atoms with E-state index in [-0.39, 0.29) is 29.9 Å². The third-order valence-electron chi connectivity index (χ3n) is 8.63. The summed E-state index contributed by atoms with van der Waals surface area (Å²) in [5, 5.41) is 21.6. The van der Waals surface area contributed by atoms with Crippen molar-refractivity contribution in [3.05, 3.63) is 58.8 Å². The second-order valence-corrected chi connectivity index (χ2v) is 12.9. The number of anilines is 2. The predicted octanol–water partition coefficient (Wildman–Crippen LogP) is 5.05. The summed E-state index contributed by atoms with van der Waals surface area (Å²) >= 11 is 8.12. The van der Waals surface area contributed by atoms with E-state index in [4.69, 9.17) is 26.3 Å². The summed E-state index contributed by atoms with van der Waals surface area (Å²) in [6.07, 6.45) is 4.95. The van der Waals surface area contributed by atoms with Gasteiger partial charge in [-0.05, 0) is 38.1 Å². The van der Waals surface area contributed by atoms with Gasteiger partial charge in [0.15, 0.2) is 5.82 Å². The number of rotatable bonds is 6. The molecular weight excluding hydrogens is 553 g/mol. The van der Waals surface area contributed by atoms with Crippen molar-refractivity contribution in [3.63, 3.8) is 0 Å². The first kappa shape index (κ1) is 27.5. The van der Waals surface area contributed by atoms with Crippen molar-refractivity contribution in [1.82, 2.24) is 15.0 Å². The molecule has 0 amide bonds. The number of hydrogen-bond donors (Lipinski definition) is 2. The molecule has 8 nitrogen and oxygen atoms in total. The molecular formula is C29H33ClFN5O3S. The zero-order chi connectivity index (χ0) is 28.2. The van der Waals surface area contributed by atoms with E-state index >= 15 is 0 Å². The Morgan fingerprint density at radius 1 is 1.15 bits per heavy atom. The zero-order valence-electron chi connectivity index (χ0n) is 22.8. The van der Waals surface area contributed by atoms with Crippen LogP contribution in [0.3, 0.4) is 0 Å². The van der Waals surface area contributed by atoms with Gasteiger partial charge < -0.3 is 24.7 Å². The van der Waals surface area contributed by atoms with E-state index in [1.54, 1.807) is 24.5 Å². The van der Waals surface area contributed by atoms with E-state index < -0.39 is 5.60 Å². The van der Waals surface area contributed by atoms with Crippen LogP contribution in [0.25, 0.3) is 0 Å². The molecule has 3 aromatic rings. The molecule has 2 N–H and O–H groups in total. The number of pyridine rings is 1. The van der Waals surface area contributed by atoms with Crippen molar-refractivity contribution >= 4 is 35.0 Å². The zero-order valence-corrected chi connectivity index (χ0v) is 24.3. The molecule has 0 aliphatic carbocycles. The Hall–Kier alpha value is -2.66. The fourth-order valence-electron chi connectivity index (χ4n) is 5.92. The van der Waals surface area contributed by atoms with E-state index in [2.05, 4.69) is 21.7 Å². The predicted molar refractivity (Wildman–Crippen MR) is 153 cm³/mol. The number of aliphatic hydroxyl groups is 2. The van der Waals surface area contributed by atoms with Crippen LogP contribution in [0.1, 0.15) is 50.8 Å². The van der Waals surface area contributed by atoms with Crippen molar-refractivity contribution in [2.24, 2.45) is 5.92 Å². The maximum atomic E-state index is 13.9. The van der Waals surface area contributed by atoms with Crippen LogP contribution in [0, 0.1) is 11.7 Å². The van der Waals surface area contributed by atoms with Gasteiger partial charge in [0.25, 0.3) is 0 Å². The van der Waals surface area contributed by atoms with Crippen LogP contribution in [0.5, 0.6) is 5.75 Å². The van der Waals surface area contributed by atoms with E-state index in [9.17, 15) is 14.6 Å². The van der Waals surface area contributed by atoms with E-state index in [1.807, 2.05) is 19.9 Å². The number of hydrogen-bond acceptors (Lipinski definition) is 9. The SMILES string of the molecule is C[C@@H]1c2cc(F)ccc2OC12CCN(c1ncc(Sc3ccnc(N4CC(C(C)(C)O)C4)c3Cl)nc1CO)CC2. The van der Waals surface area contributed by atoms with Gasteiger partial charge in [-0.2, -0.15) is 0 Å². The maximum Gasteiger partial charge on any atom is 0.152 e. The summed E-state index contributed by atoms with van der Waals surface area (Å²) in [4.78, 5) is 18.9. The highest BCUT2D eigenvalue weighted by Crippen LogP contribution is 2.50. The highest BCUT2D eigenvalue weighted by atomic mass is 35.5. The van der Waals surface area contributed by atoms with Crippen LogP contribution in [0.2, 0.25) is 5.02 Å². The summed E-state index contributed by atoms with van der Waals surface area (Å²) in [5.74, 6) is 2.14. The minimum Gasteiger partial charge on any atom is -0.486 e. The quantitative estimate of drug-likeness (QED) is 0.412. The lowest BCUT2D eigenvalue weighted by molar-refractivity contribution is 0.00437. The molecule has 11 heteroatoms. The second kappa shape index (κ2) is 10.3. The van der Waals surface area contributed by atoms with Gasteiger partial charge >= 0.3 is 0 Å². The van der Waals surface area contributed by atoms with Crippen molar-refractivity contribution in [1.29, 1.82) is 0 Å². The fraction of sp³-hybridized carbons (Fsp3) is 0.483. The van der Waals surface area contributed by atoms with E-state index in [1.165, 1.54) is 17.8 Å². The molecule has 6 rings (SSSR count). The summed E-state index contributed by atoms with van der Waals surface area (Å²) < 4.78 is 20.2. The van der Waals surface area contributed by atoms with Crippen molar-refractivity contribution in [3.8, 4) is 5.75 Å². The average Bonchev–Trinajstić information content (AvgIpc) is 3.15. The van der Waals surface area contributed by atoms with Gasteiger partial charge in [-0.3, -0.25) is 0 Å². The minimum absolute atomic E-state index is 0.0924. The lowest BCUT2D eigenvalue weighted by Gasteiger charge is -2.46. The van der Waals surface area contributed by atoms with Gasteiger partial charge in [-0.15, -0.1) is 0 Å². The first-order chi connectivity index (χ1) is 19.1. The van der Waals surface area contributed by atoms with Crippen LogP contribution in [0.15, 0.2) is 46.6 Å². The summed E-state index contributed by atoms with van der Waals surface area (Å²) in [7, 11) is 0.